The molecule has 0 spiro atoms. The third-order valence-electron chi connectivity index (χ3n) is 0.777. The van der Waals surface area contributed by atoms with E-state index in [1.807, 2.05) is 6.20 Å². The molecule has 0 bridgehead atoms. The van der Waals surface area contributed by atoms with Crippen molar-refractivity contribution in [1.82, 2.24) is 9.97 Å². The molecule has 0 aromatic carbocycles. The summed E-state index contributed by atoms with van der Waals surface area (Å²) in [5.74, 6) is -0.745. The lowest BCUT2D eigenvalue weighted by atomic mass is 10.6. The summed E-state index contributed by atoms with van der Waals surface area (Å²) in [5.41, 5.74) is 0. The van der Waals surface area contributed by atoms with E-state index < -0.39 is 5.82 Å². The zero-order chi connectivity index (χ0) is 6.69. The second-order valence-electron chi connectivity index (χ2n) is 1.31. The monoisotopic (exact) mass is 127 g/mol. The Balaban J connectivity index is 3.01. The van der Waals surface area contributed by atoms with Gasteiger partial charge < -0.3 is 4.74 Å². The number of ether oxygens (including phenoxy) is 1. The first kappa shape index (κ1) is 5.94. The van der Waals surface area contributed by atoms with Crippen molar-refractivity contribution in [3.8, 4) is 5.88 Å². The normalized spacial score (nSPS) is 9.11. The van der Waals surface area contributed by atoms with Crippen molar-refractivity contribution in [2.75, 3.05) is 7.11 Å². The Morgan fingerprint density at radius 3 is 3.00 bits per heavy atom. The Bertz CT molecular complexity index is 204. The molecule has 1 heterocycles. The SMILES string of the molecule is COc1ncn[c]c1F. The van der Waals surface area contributed by atoms with Crippen LogP contribution in [0.5, 0.6) is 5.88 Å². The van der Waals surface area contributed by atoms with Crippen molar-refractivity contribution in [1.29, 1.82) is 0 Å². The first-order valence-corrected chi connectivity index (χ1v) is 2.26. The summed E-state index contributed by atoms with van der Waals surface area (Å²) in [4.78, 5) is 6.76. The van der Waals surface area contributed by atoms with Crippen molar-refractivity contribution in [3.05, 3.63) is 18.3 Å². The van der Waals surface area contributed by atoms with Gasteiger partial charge in [0.05, 0.1) is 7.11 Å². The molecule has 9 heavy (non-hydrogen) atoms. The van der Waals surface area contributed by atoms with Gasteiger partial charge in [-0.15, -0.1) is 0 Å². The van der Waals surface area contributed by atoms with Gasteiger partial charge in [-0.25, -0.2) is 4.98 Å². The molecule has 0 unspecified atom stereocenters. The van der Waals surface area contributed by atoms with Crippen LogP contribution in [0.25, 0.3) is 0 Å². The summed E-state index contributed by atoms with van der Waals surface area (Å²) in [5, 5.41) is 0. The number of nitrogens with zero attached hydrogens (tertiary/aromatic N) is 2. The first-order valence-electron chi connectivity index (χ1n) is 2.26. The molecule has 0 amide bonds. The van der Waals surface area contributed by atoms with Gasteiger partial charge in [-0.05, 0) is 0 Å². The van der Waals surface area contributed by atoms with Crippen LogP contribution in [0, 0.1) is 12.0 Å². The Kier molecular flexibility index (Phi) is 1.58. The molecule has 0 atom stereocenters. The lowest BCUT2D eigenvalue weighted by Crippen LogP contribution is -1.91. The van der Waals surface area contributed by atoms with Crippen LogP contribution in [0.4, 0.5) is 4.39 Å². The van der Waals surface area contributed by atoms with Crippen LogP contribution in [-0.4, -0.2) is 17.1 Å². The quantitative estimate of drug-likeness (QED) is 0.548. The van der Waals surface area contributed by atoms with Gasteiger partial charge in [0.25, 0.3) is 5.88 Å². The number of hydrogen-bond donors (Lipinski definition) is 0. The van der Waals surface area contributed by atoms with Crippen LogP contribution in [0.2, 0.25) is 0 Å². The van der Waals surface area contributed by atoms with Crippen molar-refractivity contribution in [2.45, 2.75) is 0 Å². The molecule has 0 N–H and O–H groups in total. The molecule has 0 aliphatic carbocycles. The fourth-order valence-electron chi connectivity index (χ4n) is 0.414. The summed E-state index contributed by atoms with van der Waals surface area (Å²) in [7, 11) is 1.33. The van der Waals surface area contributed by atoms with Crippen LogP contribution in [-0.2, 0) is 0 Å². The van der Waals surface area contributed by atoms with E-state index in [-0.39, 0.29) is 5.88 Å². The second-order valence-corrected chi connectivity index (χ2v) is 1.31. The summed E-state index contributed by atoms with van der Waals surface area (Å²) in [6, 6.07) is 0. The minimum atomic E-state index is -0.667. The molecule has 1 aromatic heterocycles. The first-order chi connectivity index (χ1) is 4.34. The molecule has 0 fully saturated rings. The molecular formula is C5H4FN2O. The lowest BCUT2D eigenvalue weighted by molar-refractivity contribution is 0.366. The summed E-state index contributed by atoms with van der Waals surface area (Å²) in [6.45, 7) is 0. The maximum atomic E-state index is 12.3. The highest BCUT2D eigenvalue weighted by Crippen LogP contribution is 2.06. The van der Waals surface area contributed by atoms with E-state index in [1.165, 1.54) is 13.4 Å². The average molecular weight is 127 g/mol. The molecular weight excluding hydrogens is 123 g/mol. The molecule has 3 nitrogen and oxygen atoms in total. The standard InChI is InChI=1S/C5H4FN2O/c1-9-5-4(6)2-7-3-8-5/h3H,1H3. The van der Waals surface area contributed by atoms with E-state index in [1.54, 1.807) is 0 Å². The molecule has 4 heteroatoms. The lowest BCUT2D eigenvalue weighted by Gasteiger charge is -1.94. The van der Waals surface area contributed by atoms with Gasteiger partial charge in [0.1, 0.15) is 12.5 Å². The van der Waals surface area contributed by atoms with Crippen LogP contribution < -0.4 is 4.74 Å². The zero-order valence-electron chi connectivity index (χ0n) is 4.76. The predicted molar refractivity (Wildman–Crippen MR) is 27.4 cm³/mol. The van der Waals surface area contributed by atoms with Gasteiger partial charge in [0.2, 0.25) is 5.82 Å². The minimum absolute atomic E-state index is 0.0787. The minimum Gasteiger partial charge on any atom is -0.479 e. The molecule has 0 aliphatic heterocycles. The van der Waals surface area contributed by atoms with Crippen molar-refractivity contribution in [3.63, 3.8) is 0 Å². The number of methoxy groups -OCH3 is 1. The van der Waals surface area contributed by atoms with Gasteiger partial charge in [-0.2, -0.15) is 9.37 Å². The number of halogens is 1. The molecule has 47 valence electrons. The maximum absolute atomic E-state index is 12.3. The molecule has 1 rings (SSSR count). The number of aromatic nitrogens is 2. The molecule has 0 aliphatic rings. The molecule has 1 aromatic rings. The van der Waals surface area contributed by atoms with E-state index in [2.05, 4.69) is 14.7 Å². The average Bonchev–Trinajstić information content (AvgIpc) is 1.89. The Labute approximate surface area is 51.5 Å². The Hall–Kier alpha value is -1.19. The Morgan fingerprint density at radius 1 is 1.78 bits per heavy atom. The van der Waals surface area contributed by atoms with E-state index >= 15 is 0 Å². The smallest absolute Gasteiger partial charge is 0.254 e. The van der Waals surface area contributed by atoms with Gasteiger partial charge in [-0.3, -0.25) is 0 Å². The summed E-state index contributed by atoms with van der Waals surface area (Å²) in [6.07, 6.45) is 3.22. The van der Waals surface area contributed by atoms with Crippen molar-refractivity contribution >= 4 is 0 Å². The molecule has 0 saturated carbocycles. The van der Waals surface area contributed by atoms with E-state index in [0.29, 0.717) is 0 Å². The van der Waals surface area contributed by atoms with Gasteiger partial charge >= 0.3 is 0 Å². The highest BCUT2D eigenvalue weighted by molar-refractivity contribution is 5.06. The third-order valence-corrected chi connectivity index (χ3v) is 0.777. The van der Waals surface area contributed by atoms with Gasteiger partial charge in [0.15, 0.2) is 0 Å². The van der Waals surface area contributed by atoms with Crippen LogP contribution in [0.1, 0.15) is 0 Å². The van der Waals surface area contributed by atoms with E-state index in [9.17, 15) is 4.39 Å². The fourth-order valence-corrected chi connectivity index (χ4v) is 0.414. The second kappa shape index (κ2) is 2.39. The molecule has 0 saturated heterocycles. The summed E-state index contributed by atoms with van der Waals surface area (Å²) < 4.78 is 16.8. The predicted octanol–water partition coefficient (Wildman–Crippen LogP) is 0.424. The zero-order valence-corrected chi connectivity index (χ0v) is 4.76. The highest BCUT2D eigenvalue weighted by atomic mass is 19.1. The van der Waals surface area contributed by atoms with Crippen LogP contribution in [0.3, 0.4) is 0 Å². The van der Waals surface area contributed by atoms with Gasteiger partial charge in [-0.1, -0.05) is 0 Å². The highest BCUT2D eigenvalue weighted by Gasteiger charge is 1.99. The topological polar surface area (TPSA) is 35.0 Å². The third kappa shape index (κ3) is 1.13. The van der Waals surface area contributed by atoms with E-state index in [0.717, 1.165) is 0 Å². The fraction of sp³-hybridized carbons (Fsp3) is 0.200. The van der Waals surface area contributed by atoms with Gasteiger partial charge in [0, 0.05) is 0 Å². The Morgan fingerprint density at radius 2 is 2.56 bits per heavy atom. The number of rotatable bonds is 1. The largest absolute Gasteiger partial charge is 0.479 e. The maximum Gasteiger partial charge on any atom is 0.254 e. The summed E-state index contributed by atoms with van der Waals surface area (Å²) >= 11 is 0. The van der Waals surface area contributed by atoms with Crippen molar-refractivity contribution in [2.24, 2.45) is 0 Å². The van der Waals surface area contributed by atoms with Crippen molar-refractivity contribution < 1.29 is 9.13 Å². The van der Waals surface area contributed by atoms with Crippen LogP contribution >= 0.6 is 0 Å². The molecule has 1 radical (unpaired) electrons. The van der Waals surface area contributed by atoms with Crippen LogP contribution in [0.15, 0.2) is 6.33 Å². The van der Waals surface area contributed by atoms with E-state index in [4.69, 9.17) is 0 Å². The number of hydrogen-bond acceptors (Lipinski definition) is 3.